The zero-order valence-electron chi connectivity index (χ0n) is 9.58. The van der Waals surface area contributed by atoms with E-state index in [0.717, 1.165) is 12.8 Å². The third-order valence-corrected chi connectivity index (χ3v) is 3.74. The van der Waals surface area contributed by atoms with Crippen molar-refractivity contribution in [2.45, 2.75) is 43.5 Å². The second kappa shape index (κ2) is 4.30. The van der Waals surface area contributed by atoms with Gasteiger partial charge in [-0.25, -0.2) is 4.39 Å². The summed E-state index contributed by atoms with van der Waals surface area (Å²) in [6, 6.07) is -0.297. The summed E-state index contributed by atoms with van der Waals surface area (Å²) in [4.78, 5) is 13.5. The summed E-state index contributed by atoms with van der Waals surface area (Å²) in [7, 11) is 1.69. The van der Waals surface area contributed by atoms with Crippen LogP contribution < -0.4 is 5.32 Å². The molecular weight excluding hydrogens is 211 g/mol. The first kappa shape index (κ1) is 11.8. The molecule has 0 spiro atoms. The van der Waals surface area contributed by atoms with Crippen LogP contribution in [0.1, 0.15) is 25.7 Å². The first-order chi connectivity index (χ1) is 7.57. The van der Waals surface area contributed by atoms with Crippen molar-refractivity contribution in [3.05, 3.63) is 0 Å². The molecule has 0 radical (unpaired) electrons. The zero-order valence-corrected chi connectivity index (χ0v) is 9.58. The molecule has 16 heavy (non-hydrogen) atoms. The van der Waals surface area contributed by atoms with Crippen LogP contribution in [0.3, 0.4) is 0 Å². The zero-order chi connectivity index (χ0) is 11.8. The van der Waals surface area contributed by atoms with Crippen molar-refractivity contribution >= 4 is 5.91 Å². The third-order valence-electron chi connectivity index (χ3n) is 3.74. The number of nitrogens with zero attached hydrogens (tertiary/aromatic N) is 1. The van der Waals surface area contributed by atoms with Crippen molar-refractivity contribution in [2.24, 2.45) is 0 Å². The lowest BCUT2D eigenvalue weighted by Crippen LogP contribution is -2.47. The lowest BCUT2D eigenvalue weighted by molar-refractivity contribution is -0.149. The summed E-state index contributed by atoms with van der Waals surface area (Å²) in [5.74, 6) is -0.287. The lowest BCUT2D eigenvalue weighted by Gasteiger charge is -2.27. The molecule has 92 valence electrons. The number of nitrogens with one attached hydrogen (secondary N) is 1. The number of hydrogen-bond donors (Lipinski definition) is 2. The minimum atomic E-state index is -1.22. The molecule has 4 nitrogen and oxygen atoms in total. The summed E-state index contributed by atoms with van der Waals surface area (Å²) in [5.41, 5.74) is -1.22. The van der Waals surface area contributed by atoms with Gasteiger partial charge in [0.05, 0.1) is 12.6 Å². The van der Waals surface area contributed by atoms with Crippen LogP contribution >= 0.6 is 0 Å². The Balaban J connectivity index is 2.01. The number of amides is 1. The molecule has 2 aliphatic rings. The second-order valence-corrected chi connectivity index (χ2v) is 4.86. The SMILES string of the molecule is CNC1CN(C(=O)C2(O)CCCC2)C[C@@H]1F. The highest BCUT2D eigenvalue weighted by Crippen LogP contribution is 2.32. The topological polar surface area (TPSA) is 52.6 Å². The van der Waals surface area contributed by atoms with Gasteiger partial charge in [-0.1, -0.05) is 0 Å². The Labute approximate surface area is 94.8 Å². The highest BCUT2D eigenvalue weighted by molar-refractivity contribution is 5.85. The molecule has 2 atom stereocenters. The molecule has 1 saturated heterocycles. The number of aliphatic hydroxyl groups is 1. The number of likely N-dealkylation sites (tertiary alicyclic amines) is 1. The van der Waals surface area contributed by atoms with Gasteiger partial charge in [-0.15, -0.1) is 0 Å². The summed E-state index contributed by atoms with van der Waals surface area (Å²) in [6.45, 7) is 0.464. The van der Waals surface area contributed by atoms with E-state index in [1.807, 2.05) is 0 Å². The number of carbonyl (C=O) groups excluding carboxylic acids is 1. The van der Waals surface area contributed by atoms with Gasteiger partial charge in [0.25, 0.3) is 5.91 Å². The molecular formula is C11H19FN2O2. The quantitative estimate of drug-likeness (QED) is 0.705. The maximum atomic E-state index is 13.5. The monoisotopic (exact) mass is 230 g/mol. The fraction of sp³-hybridized carbons (Fsp3) is 0.909. The van der Waals surface area contributed by atoms with Crippen molar-refractivity contribution in [3.63, 3.8) is 0 Å². The minimum absolute atomic E-state index is 0.104. The molecule has 1 aliphatic carbocycles. The van der Waals surface area contributed by atoms with E-state index in [9.17, 15) is 14.3 Å². The molecule has 1 heterocycles. The highest BCUT2D eigenvalue weighted by atomic mass is 19.1. The van der Waals surface area contributed by atoms with Crippen LogP contribution in [0, 0.1) is 0 Å². The van der Waals surface area contributed by atoms with Crippen molar-refractivity contribution in [2.75, 3.05) is 20.1 Å². The predicted molar refractivity (Wildman–Crippen MR) is 57.7 cm³/mol. The lowest BCUT2D eigenvalue weighted by atomic mass is 10.0. The molecule has 1 aliphatic heterocycles. The molecule has 1 saturated carbocycles. The number of carbonyl (C=O) groups is 1. The molecule has 1 amide bonds. The van der Waals surface area contributed by atoms with E-state index in [4.69, 9.17) is 0 Å². The summed E-state index contributed by atoms with van der Waals surface area (Å²) in [5, 5.41) is 13.0. The largest absolute Gasteiger partial charge is 0.380 e. The molecule has 0 aromatic carbocycles. The number of alkyl halides is 1. The van der Waals surface area contributed by atoms with E-state index in [2.05, 4.69) is 5.32 Å². The van der Waals surface area contributed by atoms with Crippen molar-refractivity contribution in [1.29, 1.82) is 0 Å². The van der Waals surface area contributed by atoms with Crippen molar-refractivity contribution in [1.82, 2.24) is 10.2 Å². The van der Waals surface area contributed by atoms with Crippen molar-refractivity contribution in [3.8, 4) is 0 Å². The number of rotatable bonds is 2. The molecule has 0 aromatic rings. The normalized spacial score (nSPS) is 33.3. The van der Waals surface area contributed by atoms with Gasteiger partial charge in [-0.2, -0.15) is 0 Å². The van der Waals surface area contributed by atoms with Crippen LogP contribution in [-0.2, 0) is 4.79 Å². The standard InChI is InChI=1S/C11H19FN2O2/c1-13-9-7-14(6-8(9)12)10(15)11(16)4-2-3-5-11/h8-9,13,16H,2-7H2,1H3/t8-,9?/m0/s1. The molecule has 1 unspecified atom stereocenters. The van der Waals surface area contributed by atoms with Gasteiger partial charge in [0.1, 0.15) is 11.8 Å². The van der Waals surface area contributed by atoms with Gasteiger partial charge in [0.2, 0.25) is 0 Å². The minimum Gasteiger partial charge on any atom is -0.380 e. The number of halogens is 1. The van der Waals surface area contributed by atoms with Crippen LogP contribution in [0.5, 0.6) is 0 Å². The summed E-state index contributed by atoms with van der Waals surface area (Å²) < 4.78 is 13.5. The van der Waals surface area contributed by atoms with Gasteiger partial charge >= 0.3 is 0 Å². The van der Waals surface area contributed by atoms with Gasteiger partial charge in [-0.05, 0) is 32.7 Å². The van der Waals surface area contributed by atoms with Gasteiger partial charge in [0.15, 0.2) is 0 Å². The molecule has 2 rings (SSSR count). The third kappa shape index (κ3) is 1.94. The van der Waals surface area contributed by atoms with Crippen LogP contribution in [0.4, 0.5) is 4.39 Å². The van der Waals surface area contributed by atoms with E-state index < -0.39 is 11.8 Å². The van der Waals surface area contributed by atoms with Crippen LogP contribution in [-0.4, -0.2) is 53.9 Å². The average Bonchev–Trinajstić information content (AvgIpc) is 2.84. The van der Waals surface area contributed by atoms with E-state index in [1.165, 1.54) is 4.90 Å². The van der Waals surface area contributed by atoms with Crippen LogP contribution in [0.2, 0.25) is 0 Å². The molecule has 2 N–H and O–H groups in total. The van der Waals surface area contributed by atoms with Crippen molar-refractivity contribution < 1.29 is 14.3 Å². The maximum absolute atomic E-state index is 13.5. The van der Waals surface area contributed by atoms with Crippen LogP contribution in [0.25, 0.3) is 0 Å². The fourth-order valence-electron chi connectivity index (χ4n) is 2.67. The first-order valence-electron chi connectivity index (χ1n) is 5.90. The Morgan fingerprint density at radius 3 is 2.56 bits per heavy atom. The predicted octanol–water partition coefficient (Wildman–Crippen LogP) is 0.0598. The van der Waals surface area contributed by atoms with Gasteiger partial charge < -0.3 is 15.3 Å². The average molecular weight is 230 g/mol. The molecule has 0 aromatic heterocycles. The second-order valence-electron chi connectivity index (χ2n) is 4.86. The van der Waals surface area contributed by atoms with Gasteiger partial charge in [0, 0.05) is 6.54 Å². The maximum Gasteiger partial charge on any atom is 0.254 e. The molecule has 0 bridgehead atoms. The van der Waals surface area contributed by atoms with E-state index in [1.54, 1.807) is 7.05 Å². The first-order valence-corrected chi connectivity index (χ1v) is 5.90. The van der Waals surface area contributed by atoms with Gasteiger partial charge in [-0.3, -0.25) is 4.79 Å². The Morgan fingerprint density at radius 2 is 2.06 bits per heavy atom. The number of likely N-dealkylation sites (N-methyl/N-ethyl adjacent to an activating group) is 1. The van der Waals surface area contributed by atoms with E-state index >= 15 is 0 Å². The Morgan fingerprint density at radius 1 is 1.44 bits per heavy atom. The molecule has 5 heteroatoms. The molecule has 2 fully saturated rings. The Bertz CT molecular complexity index is 279. The summed E-state index contributed by atoms with van der Waals surface area (Å²) >= 11 is 0. The Hall–Kier alpha value is -0.680. The highest BCUT2D eigenvalue weighted by Gasteiger charge is 2.45. The fourth-order valence-corrected chi connectivity index (χ4v) is 2.67. The van der Waals surface area contributed by atoms with Crippen LogP contribution in [0.15, 0.2) is 0 Å². The smallest absolute Gasteiger partial charge is 0.254 e. The van der Waals surface area contributed by atoms with E-state index in [0.29, 0.717) is 19.4 Å². The van der Waals surface area contributed by atoms with E-state index in [-0.39, 0.29) is 18.5 Å². The summed E-state index contributed by atoms with van der Waals surface area (Å²) in [6.07, 6.45) is 1.77. The Kier molecular flexibility index (Phi) is 3.17. The number of hydrogen-bond acceptors (Lipinski definition) is 3.